The Hall–Kier alpha value is -3.20. The Morgan fingerprint density at radius 3 is 2.67 bits per heavy atom. The topological polar surface area (TPSA) is 98.3 Å². The summed E-state index contributed by atoms with van der Waals surface area (Å²) in [5.74, 6) is 1.64. The lowest BCUT2D eigenvalue weighted by atomic mass is 10.1. The molecule has 9 heteroatoms. The fourth-order valence-electron chi connectivity index (χ4n) is 2.32. The smallest absolute Gasteiger partial charge is 0.227 e. The van der Waals surface area contributed by atoms with Gasteiger partial charge < -0.3 is 20.1 Å². The molecule has 27 heavy (non-hydrogen) atoms. The summed E-state index contributed by atoms with van der Waals surface area (Å²) in [4.78, 5) is 24.6. The third kappa shape index (κ3) is 4.91. The molecule has 0 bridgehead atoms. The van der Waals surface area contributed by atoms with E-state index < -0.39 is 0 Å². The van der Waals surface area contributed by atoms with Crippen LogP contribution in [-0.2, 0) is 4.79 Å². The van der Waals surface area contributed by atoms with Crippen molar-refractivity contribution in [3.63, 3.8) is 0 Å². The van der Waals surface area contributed by atoms with Crippen molar-refractivity contribution in [3.8, 4) is 22.8 Å². The highest BCUT2D eigenvalue weighted by Crippen LogP contribution is 2.33. The summed E-state index contributed by atoms with van der Waals surface area (Å²) in [5.41, 5.74) is 1.64. The zero-order chi connectivity index (χ0) is 19.1. The molecule has 0 unspecified atom stereocenters. The predicted octanol–water partition coefficient (Wildman–Crippen LogP) is 3.06. The molecule has 0 saturated heterocycles. The van der Waals surface area contributed by atoms with Crippen LogP contribution in [0.5, 0.6) is 11.5 Å². The molecule has 0 saturated carbocycles. The van der Waals surface area contributed by atoms with E-state index in [0.29, 0.717) is 29.1 Å². The van der Waals surface area contributed by atoms with E-state index in [1.165, 1.54) is 11.3 Å². The van der Waals surface area contributed by atoms with Gasteiger partial charge in [-0.05, 0) is 24.3 Å². The molecule has 1 amide bonds. The second-order valence-corrected chi connectivity index (χ2v) is 6.26. The number of carbonyl (C=O) groups is 1. The SMILES string of the molecule is COc1ccc(-c2csc(NC(=O)CCNc3ncccn3)n2)cc1OC. The molecule has 0 aliphatic rings. The van der Waals surface area contributed by atoms with E-state index in [2.05, 4.69) is 25.6 Å². The average molecular weight is 385 g/mol. The summed E-state index contributed by atoms with van der Waals surface area (Å²) in [5, 5.41) is 8.22. The quantitative estimate of drug-likeness (QED) is 0.615. The zero-order valence-corrected chi connectivity index (χ0v) is 15.7. The molecular weight excluding hydrogens is 366 g/mol. The lowest BCUT2D eigenvalue weighted by Gasteiger charge is -2.08. The van der Waals surface area contributed by atoms with Gasteiger partial charge in [0.2, 0.25) is 11.9 Å². The molecule has 0 aliphatic heterocycles. The maximum absolute atomic E-state index is 12.1. The van der Waals surface area contributed by atoms with E-state index >= 15 is 0 Å². The summed E-state index contributed by atoms with van der Waals surface area (Å²) in [6, 6.07) is 7.30. The highest BCUT2D eigenvalue weighted by molar-refractivity contribution is 7.14. The Labute approximate surface area is 160 Å². The van der Waals surface area contributed by atoms with E-state index in [1.807, 2.05) is 23.6 Å². The molecule has 2 aromatic heterocycles. The molecule has 0 atom stereocenters. The minimum absolute atomic E-state index is 0.133. The first-order valence-electron chi connectivity index (χ1n) is 8.18. The standard InChI is InChI=1S/C18H19N5O3S/c1-25-14-5-4-12(10-15(14)26-2)13-11-27-18(22-13)23-16(24)6-9-21-17-19-7-3-8-20-17/h3-5,7-8,10-11H,6,9H2,1-2H3,(H,19,20,21)(H,22,23,24). The number of nitrogens with one attached hydrogen (secondary N) is 2. The maximum atomic E-state index is 12.1. The van der Waals surface area contributed by atoms with Crippen LogP contribution in [0.15, 0.2) is 42.0 Å². The Balaban J connectivity index is 1.56. The van der Waals surface area contributed by atoms with Gasteiger partial charge in [-0.3, -0.25) is 4.79 Å². The van der Waals surface area contributed by atoms with Gasteiger partial charge in [0.1, 0.15) is 0 Å². The van der Waals surface area contributed by atoms with E-state index in [4.69, 9.17) is 9.47 Å². The van der Waals surface area contributed by atoms with Crippen LogP contribution in [-0.4, -0.2) is 41.6 Å². The van der Waals surface area contributed by atoms with Crippen LogP contribution in [0.2, 0.25) is 0 Å². The van der Waals surface area contributed by atoms with E-state index in [0.717, 1.165) is 11.3 Å². The van der Waals surface area contributed by atoms with Gasteiger partial charge in [-0.25, -0.2) is 15.0 Å². The second kappa shape index (κ2) is 8.95. The Morgan fingerprint density at radius 2 is 1.93 bits per heavy atom. The van der Waals surface area contributed by atoms with Crippen LogP contribution in [0, 0.1) is 0 Å². The summed E-state index contributed by atoms with van der Waals surface area (Å²) in [6.07, 6.45) is 3.56. The summed E-state index contributed by atoms with van der Waals surface area (Å²) in [6.45, 7) is 0.434. The number of thiazole rings is 1. The lowest BCUT2D eigenvalue weighted by Crippen LogP contribution is -2.16. The van der Waals surface area contributed by atoms with E-state index in [1.54, 1.807) is 32.7 Å². The largest absolute Gasteiger partial charge is 0.493 e. The van der Waals surface area contributed by atoms with Crippen LogP contribution in [0.4, 0.5) is 11.1 Å². The summed E-state index contributed by atoms with van der Waals surface area (Å²) >= 11 is 1.37. The number of hydrogen-bond donors (Lipinski definition) is 2. The molecule has 0 fully saturated rings. The summed E-state index contributed by atoms with van der Waals surface area (Å²) < 4.78 is 10.6. The van der Waals surface area contributed by atoms with Crippen LogP contribution < -0.4 is 20.1 Å². The summed E-state index contributed by atoms with van der Waals surface area (Å²) in [7, 11) is 3.18. The minimum Gasteiger partial charge on any atom is -0.493 e. The number of hydrogen-bond acceptors (Lipinski definition) is 8. The zero-order valence-electron chi connectivity index (χ0n) is 14.9. The molecule has 1 aromatic carbocycles. The number of benzene rings is 1. The van der Waals surface area contributed by atoms with E-state index in [9.17, 15) is 4.79 Å². The van der Waals surface area contributed by atoms with Crippen molar-refractivity contribution in [3.05, 3.63) is 42.0 Å². The fourth-order valence-corrected chi connectivity index (χ4v) is 3.06. The van der Waals surface area contributed by atoms with E-state index in [-0.39, 0.29) is 12.3 Å². The average Bonchev–Trinajstić information content (AvgIpc) is 3.16. The molecule has 3 aromatic rings. The maximum Gasteiger partial charge on any atom is 0.227 e. The Bertz CT molecular complexity index is 901. The number of nitrogens with zero attached hydrogens (tertiary/aromatic N) is 3. The Kier molecular flexibility index (Phi) is 6.16. The number of methoxy groups -OCH3 is 2. The first-order chi connectivity index (χ1) is 13.2. The number of anilines is 2. The van der Waals surface area contributed by atoms with Gasteiger partial charge in [0.15, 0.2) is 16.6 Å². The van der Waals surface area contributed by atoms with Crippen molar-refractivity contribution < 1.29 is 14.3 Å². The van der Waals surface area contributed by atoms with Crippen LogP contribution in [0.3, 0.4) is 0 Å². The highest BCUT2D eigenvalue weighted by Gasteiger charge is 2.11. The van der Waals surface area contributed by atoms with Crippen molar-refractivity contribution >= 4 is 28.3 Å². The molecule has 8 nitrogen and oxygen atoms in total. The van der Waals surface area contributed by atoms with Gasteiger partial charge in [-0.1, -0.05) is 0 Å². The first kappa shape index (κ1) is 18.6. The van der Waals surface area contributed by atoms with Gasteiger partial charge in [0.25, 0.3) is 0 Å². The minimum atomic E-state index is -0.133. The number of rotatable bonds is 8. The van der Waals surface area contributed by atoms with Gasteiger partial charge in [-0.15, -0.1) is 11.3 Å². The number of carbonyl (C=O) groups excluding carboxylic acids is 1. The van der Waals surface area contributed by atoms with Crippen molar-refractivity contribution in [1.82, 2.24) is 15.0 Å². The van der Waals surface area contributed by atoms with Crippen molar-refractivity contribution in [2.75, 3.05) is 31.4 Å². The normalized spacial score (nSPS) is 10.3. The molecule has 2 heterocycles. The Morgan fingerprint density at radius 1 is 1.15 bits per heavy atom. The highest BCUT2D eigenvalue weighted by atomic mass is 32.1. The number of ether oxygens (including phenoxy) is 2. The molecule has 2 N–H and O–H groups in total. The molecular formula is C18H19N5O3S. The second-order valence-electron chi connectivity index (χ2n) is 5.41. The first-order valence-corrected chi connectivity index (χ1v) is 9.06. The van der Waals surface area contributed by atoms with Crippen LogP contribution in [0.25, 0.3) is 11.3 Å². The third-order valence-electron chi connectivity index (χ3n) is 3.63. The third-order valence-corrected chi connectivity index (χ3v) is 4.39. The molecule has 0 spiro atoms. The van der Waals surface area contributed by atoms with Crippen molar-refractivity contribution in [2.45, 2.75) is 6.42 Å². The van der Waals surface area contributed by atoms with Crippen LogP contribution in [0.1, 0.15) is 6.42 Å². The van der Waals surface area contributed by atoms with Gasteiger partial charge >= 0.3 is 0 Å². The predicted molar refractivity (Wildman–Crippen MR) is 104 cm³/mol. The van der Waals surface area contributed by atoms with Gasteiger partial charge in [0.05, 0.1) is 19.9 Å². The monoisotopic (exact) mass is 385 g/mol. The van der Waals surface area contributed by atoms with Crippen molar-refractivity contribution in [2.24, 2.45) is 0 Å². The molecule has 0 aliphatic carbocycles. The van der Waals surface area contributed by atoms with Gasteiger partial charge in [0, 0.05) is 36.3 Å². The number of aromatic nitrogens is 3. The number of amides is 1. The van der Waals surface area contributed by atoms with Gasteiger partial charge in [-0.2, -0.15) is 0 Å². The molecule has 3 rings (SSSR count). The fraction of sp³-hybridized carbons (Fsp3) is 0.222. The molecule has 0 radical (unpaired) electrons. The van der Waals surface area contributed by atoms with Crippen LogP contribution >= 0.6 is 11.3 Å². The van der Waals surface area contributed by atoms with Crippen molar-refractivity contribution in [1.29, 1.82) is 0 Å². The molecule has 140 valence electrons. The lowest BCUT2D eigenvalue weighted by molar-refractivity contribution is -0.115.